The van der Waals surface area contributed by atoms with Crippen molar-refractivity contribution in [2.75, 3.05) is 6.61 Å². The average molecular weight is 186 g/mol. The zero-order valence-electron chi connectivity index (χ0n) is 9.30. The fourth-order valence-corrected chi connectivity index (χ4v) is 1.52. The molecule has 0 rings (SSSR count). The van der Waals surface area contributed by atoms with Crippen molar-refractivity contribution in [1.82, 2.24) is 0 Å². The molecule has 0 aliphatic heterocycles. The Hall–Kier alpha value is -0.530. The molecule has 1 atom stereocenters. The summed E-state index contributed by atoms with van der Waals surface area (Å²) in [5, 5.41) is 0. The summed E-state index contributed by atoms with van der Waals surface area (Å²) >= 11 is 0. The molecule has 0 radical (unpaired) electrons. The topological polar surface area (TPSA) is 26.3 Å². The summed E-state index contributed by atoms with van der Waals surface area (Å²) in [6.45, 7) is 8.85. The van der Waals surface area contributed by atoms with Crippen LogP contribution in [0, 0.1) is 11.8 Å². The molecule has 0 aromatic rings. The normalized spacial score (nSPS) is 13.0. The smallest absolute Gasteiger partial charge is 0.306 e. The van der Waals surface area contributed by atoms with Crippen LogP contribution in [-0.2, 0) is 9.53 Å². The van der Waals surface area contributed by atoms with Crippen molar-refractivity contribution in [3.05, 3.63) is 0 Å². The van der Waals surface area contributed by atoms with Gasteiger partial charge in [0.05, 0.1) is 6.61 Å². The molecule has 0 aliphatic carbocycles. The molecule has 0 aromatic carbocycles. The fourth-order valence-electron chi connectivity index (χ4n) is 1.52. The molecule has 0 spiro atoms. The van der Waals surface area contributed by atoms with Crippen molar-refractivity contribution in [1.29, 1.82) is 0 Å². The van der Waals surface area contributed by atoms with E-state index in [0.717, 1.165) is 12.8 Å². The minimum Gasteiger partial charge on any atom is -0.466 e. The van der Waals surface area contributed by atoms with Gasteiger partial charge in [-0.1, -0.05) is 27.2 Å². The number of carbonyl (C=O) groups is 1. The van der Waals surface area contributed by atoms with Gasteiger partial charge in [0, 0.05) is 6.42 Å². The second-order valence-electron chi connectivity index (χ2n) is 3.91. The standard InChI is InChI=1S/C11H22O2/c1-5-10(7-9(3)4)8-11(12)13-6-2/h9-10H,5-8H2,1-4H3. The van der Waals surface area contributed by atoms with E-state index in [-0.39, 0.29) is 5.97 Å². The van der Waals surface area contributed by atoms with Gasteiger partial charge in [0.25, 0.3) is 0 Å². The van der Waals surface area contributed by atoms with Gasteiger partial charge in [0.2, 0.25) is 0 Å². The molecular weight excluding hydrogens is 164 g/mol. The van der Waals surface area contributed by atoms with Crippen LogP contribution in [0.3, 0.4) is 0 Å². The Labute approximate surface area is 81.7 Å². The average Bonchev–Trinajstić information content (AvgIpc) is 2.02. The first-order chi connectivity index (χ1) is 6.10. The maximum Gasteiger partial charge on any atom is 0.306 e. The lowest BCUT2D eigenvalue weighted by Gasteiger charge is -2.15. The van der Waals surface area contributed by atoms with E-state index >= 15 is 0 Å². The minimum atomic E-state index is -0.0463. The SMILES string of the molecule is CCOC(=O)CC(CC)CC(C)C. The van der Waals surface area contributed by atoms with E-state index in [0.29, 0.717) is 24.9 Å². The van der Waals surface area contributed by atoms with Crippen molar-refractivity contribution in [3.63, 3.8) is 0 Å². The van der Waals surface area contributed by atoms with Gasteiger partial charge in [-0.05, 0) is 25.2 Å². The van der Waals surface area contributed by atoms with Crippen LogP contribution in [0.2, 0.25) is 0 Å². The molecule has 0 saturated carbocycles. The van der Waals surface area contributed by atoms with E-state index in [1.54, 1.807) is 0 Å². The fraction of sp³-hybridized carbons (Fsp3) is 0.909. The molecule has 0 N–H and O–H groups in total. The van der Waals surface area contributed by atoms with Gasteiger partial charge in [-0.25, -0.2) is 0 Å². The highest BCUT2D eigenvalue weighted by Gasteiger charge is 2.13. The number of carbonyl (C=O) groups excluding carboxylic acids is 1. The first kappa shape index (κ1) is 12.5. The van der Waals surface area contributed by atoms with Crippen LogP contribution in [0.1, 0.15) is 47.0 Å². The minimum absolute atomic E-state index is 0.0463. The third-order valence-corrected chi connectivity index (χ3v) is 2.14. The van der Waals surface area contributed by atoms with Crippen molar-refractivity contribution in [3.8, 4) is 0 Å². The maximum absolute atomic E-state index is 11.2. The molecule has 13 heavy (non-hydrogen) atoms. The molecule has 0 saturated heterocycles. The molecule has 0 aliphatic rings. The second kappa shape index (κ2) is 6.93. The van der Waals surface area contributed by atoms with Gasteiger partial charge in [-0.2, -0.15) is 0 Å². The number of ether oxygens (including phenoxy) is 1. The van der Waals surface area contributed by atoms with Crippen LogP contribution in [-0.4, -0.2) is 12.6 Å². The van der Waals surface area contributed by atoms with Crippen LogP contribution in [0.5, 0.6) is 0 Å². The highest BCUT2D eigenvalue weighted by atomic mass is 16.5. The van der Waals surface area contributed by atoms with Gasteiger partial charge >= 0.3 is 5.97 Å². The van der Waals surface area contributed by atoms with Crippen molar-refractivity contribution < 1.29 is 9.53 Å². The van der Waals surface area contributed by atoms with Crippen molar-refractivity contribution in [2.24, 2.45) is 11.8 Å². The van der Waals surface area contributed by atoms with Gasteiger partial charge in [0.15, 0.2) is 0 Å². The lowest BCUT2D eigenvalue weighted by Crippen LogP contribution is -2.12. The Balaban J connectivity index is 3.76. The lowest BCUT2D eigenvalue weighted by atomic mass is 9.92. The molecular formula is C11H22O2. The van der Waals surface area contributed by atoms with E-state index < -0.39 is 0 Å². The van der Waals surface area contributed by atoms with E-state index in [1.807, 2.05) is 6.92 Å². The molecule has 78 valence electrons. The summed E-state index contributed by atoms with van der Waals surface area (Å²) in [7, 11) is 0. The van der Waals surface area contributed by atoms with Crippen molar-refractivity contribution in [2.45, 2.75) is 47.0 Å². The number of hydrogen-bond donors (Lipinski definition) is 0. The first-order valence-corrected chi connectivity index (χ1v) is 5.25. The summed E-state index contributed by atoms with van der Waals surface area (Å²) in [6, 6.07) is 0. The molecule has 0 aromatic heterocycles. The van der Waals surface area contributed by atoms with E-state index in [9.17, 15) is 4.79 Å². The molecule has 2 heteroatoms. The second-order valence-corrected chi connectivity index (χ2v) is 3.91. The Kier molecular flexibility index (Phi) is 6.65. The highest BCUT2D eigenvalue weighted by molar-refractivity contribution is 5.69. The van der Waals surface area contributed by atoms with Crippen LogP contribution < -0.4 is 0 Å². The largest absolute Gasteiger partial charge is 0.466 e. The zero-order valence-corrected chi connectivity index (χ0v) is 9.30. The third-order valence-electron chi connectivity index (χ3n) is 2.14. The molecule has 0 fully saturated rings. The monoisotopic (exact) mass is 186 g/mol. The van der Waals surface area contributed by atoms with Gasteiger partial charge < -0.3 is 4.74 Å². The first-order valence-electron chi connectivity index (χ1n) is 5.25. The molecule has 0 bridgehead atoms. The molecule has 1 unspecified atom stereocenters. The molecule has 0 heterocycles. The predicted molar refractivity (Wildman–Crippen MR) is 54.5 cm³/mol. The van der Waals surface area contributed by atoms with Gasteiger partial charge in [0.1, 0.15) is 0 Å². The summed E-state index contributed by atoms with van der Waals surface area (Å²) in [6.07, 6.45) is 2.77. The number of rotatable bonds is 6. The Morgan fingerprint density at radius 2 is 1.92 bits per heavy atom. The molecule has 2 nitrogen and oxygen atoms in total. The summed E-state index contributed by atoms with van der Waals surface area (Å²) in [4.78, 5) is 11.2. The van der Waals surface area contributed by atoms with Gasteiger partial charge in [-0.15, -0.1) is 0 Å². The van der Waals surface area contributed by atoms with Crippen LogP contribution in [0.4, 0.5) is 0 Å². The van der Waals surface area contributed by atoms with Crippen LogP contribution >= 0.6 is 0 Å². The highest BCUT2D eigenvalue weighted by Crippen LogP contribution is 2.19. The summed E-state index contributed by atoms with van der Waals surface area (Å²) in [5.41, 5.74) is 0. The zero-order chi connectivity index (χ0) is 10.3. The lowest BCUT2D eigenvalue weighted by molar-refractivity contribution is -0.144. The van der Waals surface area contributed by atoms with E-state index in [4.69, 9.17) is 4.74 Å². The van der Waals surface area contributed by atoms with Crippen molar-refractivity contribution >= 4 is 5.97 Å². The Bertz CT molecular complexity index is 141. The van der Waals surface area contributed by atoms with Crippen LogP contribution in [0.15, 0.2) is 0 Å². The summed E-state index contributed by atoms with van der Waals surface area (Å²) < 4.78 is 4.92. The Morgan fingerprint density at radius 3 is 2.31 bits per heavy atom. The van der Waals surface area contributed by atoms with Crippen LogP contribution in [0.25, 0.3) is 0 Å². The summed E-state index contributed by atoms with van der Waals surface area (Å²) in [5.74, 6) is 1.12. The third kappa shape index (κ3) is 6.62. The molecule has 0 amide bonds. The number of hydrogen-bond acceptors (Lipinski definition) is 2. The predicted octanol–water partition coefficient (Wildman–Crippen LogP) is 3.01. The quantitative estimate of drug-likeness (QED) is 0.596. The van der Waals surface area contributed by atoms with Gasteiger partial charge in [-0.3, -0.25) is 4.79 Å². The maximum atomic E-state index is 11.2. The Morgan fingerprint density at radius 1 is 1.31 bits per heavy atom. The van der Waals surface area contributed by atoms with E-state index in [1.165, 1.54) is 0 Å². The van der Waals surface area contributed by atoms with E-state index in [2.05, 4.69) is 20.8 Å². The number of esters is 1.